The number of para-hydroxylation sites is 1. The molecule has 1 amide bonds. The molecule has 1 spiro atoms. The van der Waals surface area contributed by atoms with E-state index in [2.05, 4.69) is 48.7 Å². The molecule has 7 nitrogen and oxygen atoms in total. The van der Waals surface area contributed by atoms with Crippen LogP contribution in [0.3, 0.4) is 0 Å². The van der Waals surface area contributed by atoms with Gasteiger partial charge in [0.15, 0.2) is 0 Å². The molecule has 0 radical (unpaired) electrons. The molecule has 0 saturated carbocycles. The maximum absolute atomic E-state index is 12.9. The van der Waals surface area contributed by atoms with E-state index in [-0.39, 0.29) is 5.91 Å². The van der Waals surface area contributed by atoms with Crippen LogP contribution in [0.4, 0.5) is 11.5 Å². The number of benzene rings is 1. The normalized spacial score (nSPS) is 16.7. The molecule has 0 bridgehead atoms. The van der Waals surface area contributed by atoms with Crippen LogP contribution in [0.2, 0.25) is 0 Å². The number of carbonyl (C=O) groups is 1. The summed E-state index contributed by atoms with van der Waals surface area (Å²) in [5.74, 6) is 7.61. The van der Waals surface area contributed by atoms with Gasteiger partial charge in [-0.25, -0.2) is 4.98 Å². The van der Waals surface area contributed by atoms with Gasteiger partial charge >= 0.3 is 0 Å². The van der Waals surface area contributed by atoms with E-state index in [1.54, 1.807) is 10.9 Å². The summed E-state index contributed by atoms with van der Waals surface area (Å²) in [6, 6.07) is 14.2. The molecule has 2 aliphatic heterocycles. The number of nitrogens with zero attached hydrogens (tertiary/aromatic N) is 5. The fourth-order valence-corrected chi connectivity index (χ4v) is 4.96. The number of hydrogen-bond acceptors (Lipinski definition) is 4. The maximum atomic E-state index is 12.9. The lowest BCUT2D eigenvalue weighted by Gasteiger charge is -2.39. The topological polar surface area (TPSA) is 67.5 Å². The van der Waals surface area contributed by atoms with Gasteiger partial charge in [0, 0.05) is 32.0 Å². The number of anilines is 2. The van der Waals surface area contributed by atoms with Crippen molar-refractivity contribution in [1.82, 2.24) is 19.2 Å². The van der Waals surface area contributed by atoms with Crippen LogP contribution in [0.15, 0.2) is 61.1 Å². The smallest absolute Gasteiger partial charge is 0.235 e. The van der Waals surface area contributed by atoms with Crippen molar-refractivity contribution < 1.29 is 4.79 Å². The summed E-state index contributed by atoms with van der Waals surface area (Å²) in [4.78, 5) is 19.8. The molecule has 6 rings (SSSR count). The minimum Gasteiger partial charge on any atom is -0.358 e. The SMILES string of the molecule is Cn1cc(C#Cc2cnc3cccc(N4CCC5(CC4)C(=O)Nc4ccccc45)n23)cn1. The fourth-order valence-electron chi connectivity index (χ4n) is 4.96. The summed E-state index contributed by atoms with van der Waals surface area (Å²) < 4.78 is 3.84. The number of aryl methyl sites for hydroxylation is 1. The first-order valence-corrected chi connectivity index (χ1v) is 10.8. The Morgan fingerprint density at radius 3 is 2.69 bits per heavy atom. The lowest BCUT2D eigenvalue weighted by molar-refractivity contribution is -0.121. The first-order valence-electron chi connectivity index (χ1n) is 10.8. The van der Waals surface area contributed by atoms with Crippen molar-refractivity contribution in [2.75, 3.05) is 23.3 Å². The van der Waals surface area contributed by atoms with Crippen LogP contribution in [0.5, 0.6) is 0 Å². The van der Waals surface area contributed by atoms with E-state index >= 15 is 0 Å². The molecule has 0 aliphatic carbocycles. The predicted molar refractivity (Wildman–Crippen MR) is 123 cm³/mol. The summed E-state index contributed by atoms with van der Waals surface area (Å²) in [6.07, 6.45) is 7.01. The van der Waals surface area contributed by atoms with E-state index in [9.17, 15) is 4.79 Å². The molecular weight excluding hydrogens is 400 g/mol. The van der Waals surface area contributed by atoms with Crippen molar-refractivity contribution in [3.05, 3.63) is 77.9 Å². The first kappa shape index (κ1) is 18.7. The molecule has 2 aliphatic rings. The van der Waals surface area contributed by atoms with Gasteiger partial charge in [-0.05, 0) is 42.5 Å². The largest absolute Gasteiger partial charge is 0.358 e. The van der Waals surface area contributed by atoms with Crippen LogP contribution in [-0.2, 0) is 17.3 Å². The predicted octanol–water partition coefficient (Wildman–Crippen LogP) is 2.96. The van der Waals surface area contributed by atoms with Gasteiger partial charge in [-0.2, -0.15) is 5.10 Å². The minimum atomic E-state index is -0.432. The number of rotatable bonds is 1. The van der Waals surface area contributed by atoms with E-state index in [4.69, 9.17) is 0 Å². The minimum absolute atomic E-state index is 0.127. The highest BCUT2D eigenvalue weighted by Crippen LogP contribution is 2.45. The van der Waals surface area contributed by atoms with Crippen molar-refractivity contribution in [1.29, 1.82) is 0 Å². The van der Waals surface area contributed by atoms with Gasteiger partial charge in [-0.15, -0.1) is 0 Å². The van der Waals surface area contributed by atoms with Gasteiger partial charge in [0.1, 0.15) is 17.2 Å². The van der Waals surface area contributed by atoms with Crippen LogP contribution in [0.25, 0.3) is 5.65 Å². The zero-order valence-corrected chi connectivity index (χ0v) is 17.7. The molecule has 7 heteroatoms. The standard InChI is InChI=1S/C25H22N6O/c1-29-17-18(15-27-29)9-10-19-16-26-22-7-4-8-23(31(19)22)30-13-11-25(12-14-30)20-5-2-3-6-21(20)28-24(25)32/h2-8,15-17H,11-14H2,1H3,(H,28,32). The zero-order chi connectivity index (χ0) is 21.7. The third-order valence-electron chi connectivity index (χ3n) is 6.62. The van der Waals surface area contributed by atoms with Gasteiger partial charge < -0.3 is 10.2 Å². The van der Waals surface area contributed by atoms with Crippen LogP contribution < -0.4 is 10.2 Å². The van der Waals surface area contributed by atoms with Crippen LogP contribution in [-0.4, -0.2) is 38.2 Å². The number of piperidine rings is 1. The van der Waals surface area contributed by atoms with Crippen LogP contribution in [0, 0.1) is 11.8 Å². The Kier molecular flexibility index (Phi) is 4.08. The Morgan fingerprint density at radius 2 is 1.88 bits per heavy atom. The average Bonchev–Trinajstić information content (AvgIpc) is 3.50. The van der Waals surface area contributed by atoms with Gasteiger partial charge in [0.2, 0.25) is 5.91 Å². The Bertz CT molecular complexity index is 1410. The maximum Gasteiger partial charge on any atom is 0.235 e. The molecule has 5 heterocycles. The molecular formula is C25H22N6O. The molecule has 4 aromatic rings. The number of aromatic nitrogens is 4. The molecule has 158 valence electrons. The average molecular weight is 422 g/mol. The summed E-state index contributed by atoms with van der Waals surface area (Å²) >= 11 is 0. The highest BCUT2D eigenvalue weighted by atomic mass is 16.2. The number of amides is 1. The van der Waals surface area contributed by atoms with Gasteiger partial charge in [-0.1, -0.05) is 30.2 Å². The molecule has 1 saturated heterocycles. The second-order valence-corrected chi connectivity index (χ2v) is 8.44. The molecule has 0 unspecified atom stereocenters. The summed E-state index contributed by atoms with van der Waals surface area (Å²) in [7, 11) is 1.88. The number of fused-ring (bicyclic) bond motifs is 3. The quantitative estimate of drug-likeness (QED) is 0.479. The number of hydrogen-bond donors (Lipinski definition) is 1. The lowest BCUT2D eigenvalue weighted by Crippen LogP contribution is -2.47. The zero-order valence-electron chi connectivity index (χ0n) is 17.7. The summed E-state index contributed by atoms with van der Waals surface area (Å²) in [5.41, 5.74) is 4.22. The molecule has 32 heavy (non-hydrogen) atoms. The van der Waals surface area contributed by atoms with Gasteiger partial charge in [0.05, 0.1) is 23.4 Å². The van der Waals surface area contributed by atoms with E-state index in [0.717, 1.165) is 59.9 Å². The lowest BCUT2D eigenvalue weighted by atomic mass is 9.73. The Balaban J connectivity index is 1.33. The van der Waals surface area contributed by atoms with Crippen molar-refractivity contribution in [2.24, 2.45) is 7.05 Å². The number of pyridine rings is 1. The Morgan fingerprint density at radius 1 is 1.03 bits per heavy atom. The Labute approximate surface area is 185 Å². The van der Waals surface area contributed by atoms with Crippen LogP contribution in [0.1, 0.15) is 29.7 Å². The third-order valence-corrected chi connectivity index (χ3v) is 6.62. The van der Waals surface area contributed by atoms with Gasteiger partial charge in [0.25, 0.3) is 0 Å². The van der Waals surface area contributed by atoms with E-state index in [1.165, 1.54) is 0 Å². The van der Waals surface area contributed by atoms with Crippen molar-refractivity contribution >= 4 is 23.1 Å². The molecule has 1 N–H and O–H groups in total. The third kappa shape index (κ3) is 2.80. The highest BCUT2D eigenvalue weighted by Gasteiger charge is 2.48. The molecule has 1 aromatic carbocycles. The second kappa shape index (κ2) is 6.99. The van der Waals surface area contributed by atoms with Crippen molar-refractivity contribution in [3.8, 4) is 11.8 Å². The van der Waals surface area contributed by atoms with Crippen molar-refractivity contribution in [2.45, 2.75) is 18.3 Å². The number of carbonyl (C=O) groups excluding carboxylic acids is 1. The second-order valence-electron chi connectivity index (χ2n) is 8.44. The monoisotopic (exact) mass is 422 g/mol. The fraction of sp³-hybridized carbons (Fsp3) is 0.240. The highest BCUT2D eigenvalue weighted by molar-refractivity contribution is 6.06. The van der Waals surface area contributed by atoms with E-state index in [1.807, 2.05) is 49.8 Å². The number of nitrogens with one attached hydrogen (secondary N) is 1. The molecule has 1 fully saturated rings. The number of imidazole rings is 1. The van der Waals surface area contributed by atoms with Crippen molar-refractivity contribution in [3.63, 3.8) is 0 Å². The van der Waals surface area contributed by atoms with Gasteiger partial charge in [-0.3, -0.25) is 13.9 Å². The molecule has 0 atom stereocenters. The van der Waals surface area contributed by atoms with E-state index < -0.39 is 5.41 Å². The first-order chi connectivity index (χ1) is 15.6. The van der Waals surface area contributed by atoms with Crippen LogP contribution >= 0.6 is 0 Å². The molecule has 3 aromatic heterocycles. The Hall–Kier alpha value is -4.05. The van der Waals surface area contributed by atoms with E-state index in [0.29, 0.717) is 0 Å². The summed E-state index contributed by atoms with van der Waals surface area (Å²) in [6.45, 7) is 1.57. The summed E-state index contributed by atoms with van der Waals surface area (Å²) in [5, 5.41) is 7.26.